The Hall–Kier alpha value is -4.07. The molecule has 0 amide bonds. The van der Waals surface area contributed by atoms with Crippen molar-refractivity contribution < 1.29 is 19.7 Å². The molecule has 9 heteroatoms. The van der Waals surface area contributed by atoms with E-state index >= 15 is 0 Å². The minimum absolute atomic E-state index is 0.132. The number of aromatic amines is 1. The van der Waals surface area contributed by atoms with Gasteiger partial charge in [0.25, 0.3) is 0 Å². The Morgan fingerprint density at radius 2 is 1.69 bits per heavy atom. The number of hydrogen-bond donors (Lipinski definition) is 3. The first-order chi connectivity index (χ1) is 16.8. The standard InChI is InChI=1S/C26H17Cl2N3O4/c1-13-2-8-17(11-18(13)25(33)34)35-26-29-21-12-20(28)23(30-24(21)31-26)15-5-3-14(4-6-15)19-10-16(27)7-9-22(19)32/h2-12,32H,1H3,(H,33,34)(H,29,30,31). The van der Waals surface area contributed by atoms with E-state index in [9.17, 15) is 15.0 Å². The van der Waals surface area contributed by atoms with Crippen molar-refractivity contribution in [2.24, 2.45) is 0 Å². The number of ether oxygens (including phenoxy) is 1. The van der Waals surface area contributed by atoms with Crippen molar-refractivity contribution in [2.75, 3.05) is 0 Å². The number of rotatable bonds is 5. The summed E-state index contributed by atoms with van der Waals surface area (Å²) in [6, 6.07) is 18.9. The highest BCUT2D eigenvalue weighted by atomic mass is 35.5. The van der Waals surface area contributed by atoms with Gasteiger partial charge in [-0.15, -0.1) is 0 Å². The van der Waals surface area contributed by atoms with Crippen molar-refractivity contribution >= 4 is 40.3 Å². The number of phenols is 1. The summed E-state index contributed by atoms with van der Waals surface area (Å²) in [5.74, 6) is -0.571. The van der Waals surface area contributed by atoms with Gasteiger partial charge in [-0.2, -0.15) is 4.98 Å². The van der Waals surface area contributed by atoms with E-state index in [0.29, 0.717) is 43.8 Å². The van der Waals surface area contributed by atoms with Crippen LogP contribution in [0.2, 0.25) is 10.0 Å². The third-order valence-corrected chi connectivity index (χ3v) is 6.01. The van der Waals surface area contributed by atoms with E-state index in [-0.39, 0.29) is 17.3 Å². The molecule has 0 unspecified atom stereocenters. The third-order valence-electron chi connectivity index (χ3n) is 5.49. The molecule has 2 heterocycles. The summed E-state index contributed by atoms with van der Waals surface area (Å²) in [7, 11) is 0. The average Bonchev–Trinajstić information content (AvgIpc) is 3.22. The lowest BCUT2D eigenvalue weighted by Crippen LogP contribution is -2.00. The SMILES string of the molecule is Cc1ccc(Oc2nc3nc(-c4ccc(-c5cc(Cl)ccc5O)cc4)c(Cl)cc3[nH]2)cc1C(=O)O. The summed E-state index contributed by atoms with van der Waals surface area (Å²) in [6.07, 6.45) is 0. The molecule has 174 valence electrons. The molecule has 7 nitrogen and oxygen atoms in total. The number of aromatic carboxylic acids is 1. The number of H-pyrrole nitrogens is 1. The molecule has 0 atom stereocenters. The topological polar surface area (TPSA) is 108 Å². The van der Waals surface area contributed by atoms with Gasteiger partial charge in [-0.1, -0.05) is 53.5 Å². The zero-order chi connectivity index (χ0) is 24.7. The largest absolute Gasteiger partial charge is 0.507 e. The summed E-state index contributed by atoms with van der Waals surface area (Å²) >= 11 is 12.6. The van der Waals surface area contributed by atoms with Crippen molar-refractivity contribution in [3.63, 3.8) is 0 Å². The zero-order valence-electron chi connectivity index (χ0n) is 18.2. The summed E-state index contributed by atoms with van der Waals surface area (Å²) < 4.78 is 5.73. The Bertz CT molecular complexity index is 1600. The number of carbonyl (C=O) groups is 1. The van der Waals surface area contributed by atoms with Gasteiger partial charge in [0.1, 0.15) is 11.5 Å². The Kier molecular flexibility index (Phi) is 5.80. The van der Waals surface area contributed by atoms with Crippen LogP contribution in [-0.2, 0) is 0 Å². The molecule has 0 radical (unpaired) electrons. The highest BCUT2D eigenvalue weighted by molar-refractivity contribution is 6.33. The van der Waals surface area contributed by atoms with Gasteiger partial charge in [-0.05, 0) is 54.4 Å². The van der Waals surface area contributed by atoms with E-state index in [0.717, 1.165) is 11.1 Å². The number of aryl methyl sites for hydroxylation is 1. The van der Waals surface area contributed by atoms with Gasteiger partial charge in [0.05, 0.1) is 21.8 Å². The maximum absolute atomic E-state index is 11.4. The van der Waals surface area contributed by atoms with E-state index in [1.54, 1.807) is 43.3 Å². The normalized spacial score (nSPS) is 11.1. The number of benzene rings is 3. The molecule has 5 rings (SSSR count). The van der Waals surface area contributed by atoms with Crippen molar-refractivity contribution in [1.82, 2.24) is 15.0 Å². The zero-order valence-corrected chi connectivity index (χ0v) is 19.7. The first-order valence-corrected chi connectivity index (χ1v) is 11.2. The molecule has 0 saturated carbocycles. The Morgan fingerprint density at radius 1 is 0.943 bits per heavy atom. The molecular formula is C26H17Cl2N3O4. The molecule has 35 heavy (non-hydrogen) atoms. The van der Waals surface area contributed by atoms with Crippen LogP contribution in [0.3, 0.4) is 0 Å². The number of phenolic OH excluding ortho intramolecular Hbond substituents is 1. The number of nitrogens with zero attached hydrogens (tertiary/aromatic N) is 2. The van der Waals surface area contributed by atoms with Crippen LogP contribution in [0, 0.1) is 6.92 Å². The molecule has 2 aromatic heterocycles. The molecule has 0 aliphatic rings. The lowest BCUT2D eigenvalue weighted by Gasteiger charge is -2.08. The molecule has 5 aromatic rings. The second kappa shape index (κ2) is 8.94. The minimum Gasteiger partial charge on any atom is -0.507 e. The molecule has 3 N–H and O–H groups in total. The first kappa shape index (κ1) is 22.7. The number of halogens is 2. The number of imidazole rings is 1. The van der Waals surface area contributed by atoms with Crippen LogP contribution in [0.1, 0.15) is 15.9 Å². The number of carboxylic acid groups (broad SMARTS) is 1. The second-order valence-electron chi connectivity index (χ2n) is 7.85. The molecule has 0 bridgehead atoms. The average molecular weight is 506 g/mol. The lowest BCUT2D eigenvalue weighted by atomic mass is 10.0. The van der Waals surface area contributed by atoms with Crippen molar-refractivity contribution in [3.8, 4) is 39.9 Å². The summed E-state index contributed by atoms with van der Waals surface area (Å²) in [5.41, 5.74) is 4.44. The minimum atomic E-state index is -1.03. The van der Waals surface area contributed by atoms with Gasteiger partial charge in [0.2, 0.25) is 0 Å². The van der Waals surface area contributed by atoms with Crippen molar-refractivity contribution in [3.05, 3.63) is 87.9 Å². The molecule has 0 aliphatic heterocycles. The highest BCUT2D eigenvalue weighted by Gasteiger charge is 2.15. The molecule has 0 fully saturated rings. The third kappa shape index (κ3) is 4.51. The second-order valence-corrected chi connectivity index (χ2v) is 8.70. The number of nitrogens with one attached hydrogen (secondary N) is 1. The summed E-state index contributed by atoms with van der Waals surface area (Å²) in [5, 5.41) is 20.4. The van der Waals surface area contributed by atoms with Crippen LogP contribution >= 0.6 is 23.2 Å². The van der Waals surface area contributed by atoms with Gasteiger partial charge >= 0.3 is 12.0 Å². The van der Waals surface area contributed by atoms with E-state index in [4.69, 9.17) is 27.9 Å². The lowest BCUT2D eigenvalue weighted by molar-refractivity contribution is 0.0695. The fourth-order valence-electron chi connectivity index (χ4n) is 3.70. The maximum atomic E-state index is 11.4. The van der Waals surface area contributed by atoms with Gasteiger partial charge in [0.15, 0.2) is 5.65 Å². The van der Waals surface area contributed by atoms with Gasteiger partial charge in [-0.25, -0.2) is 9.78 Å². The number of pyridine rings is 1. The maximum Gasteiger partial charge on any atom is 0.336 e. The van der Waals surface area contributed by atoms with Crippen molar-refractivity contribution in [1.29, 1.82) is 0 Å². The fraction of sp³-hybridized carbons (Fsp3) is 0.0385. The quantitative estimate of drug-likeness (QED) is 0.235. The van der Waals surface area contributed by atoms with Gasteiger partial charge in [-0.3, -0.25) is 0 Å². The molecule has 0 saturated heterocycles. The van der Waals surface area contributed by atoms with Gasteiger partial charge < -0.3 is 19.9 Å². The van der Waals surface area contributed by atoms with Crippen LogP contribution in [0.4, 0.5) is 0 Å². The number of fused-ring (bicyclic) bond motifs is 1. The first-order valence-electron chi connectivity index (χ1n) is 10.5. The van der Waals surface area contributed by atoms with Crippen LogP contribution in [0.25, 0.3) is 33.5 Å². The molecular weight excluding hydrogens is 489 g/mol. The predicted octanol–water partition coefficient (Wildman–Crippen LogP) is 7.10. The molecule has 0 spiro atoms. The van der Waals surface area contributed by atoms with E-state index in [1.165, 1.54) is 6.07 Å². The van der Waals surface area contributed by atoms with Crippen molar-refractivity contribution in [2.45, 2.75) is 6.92 Å². The molecule has 0 aliphatic carbocycles. The number of carboxylic acids is 1. The fourth-order valence-corrected chi connectivity index (χ4v) is 4.13. The number of aromatic nitrogens is 3. The number of hydrogen-bond acceptors (Lipinski definition) is 5. The Labute approximate surface area is 209 Å². The smallest absolute Gasteiger partial charge is 0.336 e. The molecule has 3 aromatic carbocycles. The highest BCUT2D eigenvalue weighted by Crippen LogP contribution is 2.35. The van der Waals surface area contributed by atoms with Crippen LogP contribution in [0.5, 0.6) is 17.5 Å². The Morgan fingerprint density at radius 3 is 2.43 bits per heavy atom. The van der Waals surface area contributed by atoms with Gasteiger partial charge in [0, 0.05) is 16.1 Å². The predicted molar refractivity (Wildman–Crippen MR) is 135 cm³/mol. The summed E-state index contributed by atoms with van der Waals surface area (Å²) in [6.45, 7) is 1.71. The van der Waals surface area contributed by atoms with Crippen LogP contribution in [0.15, 0.2) is 66.7 Å². The van der Waals surface area contributed by atoms with Crippen LogP contribution < -0.4 is 4.74 Å². The van der Waals surface area contributed by atoms with E-state index < -0.39 is 5.97 Å². The van der Waals surface area contributed by atoms with E-state index in [1.807, 2.05) is 24.3 Å². The number of aromatic hydroxyl groups is 1. The van der Waals surface area contributed by atoms with E-state index in [2.05, 4.69) is 15.0 Å². The summed E-state index contributed by atoms with van der Waals surface area (Å²) in [4.78, 5) is 23.3. The Balaban J connectivity index is 1.45. The monoisotopic (exact) mass is 505 g/mol. The van der Waals surface area contributed by atoms with Crippen LogP contribution in [-0.4, -0.2) is 31.1 Å².